The molecule has 1 heterocycles. The standard InChI is InChI=1S/C13H16IN3O/c1-18-7-6-15-8-11-9-17(10-16-11)13-5-3-2-4-12(13)14/h2-5,9-10,15H,6-8H2,1H3. The lowest BCUT2D eigenvalue weighted by Crippen LogP contribution is -2.18. The van der Waals surface area contributed by atoms with Crippen LogP contribution in [0, 0.1) is 3.57 Å². The van der Waals surface area contributed by atoms with Gasteiger partial charge in [0.05, 0.1) is 24.3 Å². The lowest BCUT2D eigenvalue weighted by Gasteiger charge is -2.04. The Bertz CT molecular complexity index is 498. The van der Waals surface area contributed by atoms with Crippen molar-refractivity contribution in [2.24, 2.45) is 0 Å². The van der Waals surface area contributed by atoms with Gasteiger partial charge in [0.15, 0.2) is 0 Å². The smallest absolute Gasteiger partial charge is 0.0996 e. The number of hydrogen-bond donors (Lipinski definition) is 1. The minimum absolute atomic E-state index is 0.720. The fourth-order valence-corrected chi connectivity index (χ4v) is 2.30. The number of para-hydroxylation sites is 1. The fourth-order valence-electron chi connectivity index (χ4n) is 1.64. The lowest BCUT2D eigenvalue weighted by atomic mass is 10.3. The quantitative estimate of drug-likeness (QED) is 0.637. The fraction of sp³-hybridized carbons (Fsp3) is 0.308. The summed E-state index contributed by atoms with van der Waals surface area (Å²) in [6, 6.07) is 8.25. The van der Waals surface area contributed by atoms with Crippen molar-refractivity contribution in [2.75, 3.05) is 20.3 Å². The van der Waals surface area contributed by atoms with Gasteiger partial charge in [0.25, 0.3) is 0 Å². The molecule has 0 fully saturated rings. The molecule has 0 aliphatic rings. The number of imidazole rings is 1. The van der Waals surface area contributed by atoms with Crippen molar-refractivity contribution < 1.29 is 4.74 Å². The Morgan fingerprint density at radius 2 is 2.22 bits per heavy atom. The average molecular weight is 357 g/mol. The first-order valence-electron chi connectivity index (χ1n) is 5.78. The molecule has 1 aromatic heterocycles. The summed E-state index contributed by atoms with van der Waals surface area (Å²) < 4.78 is 8.25. The number of benzene rings is 1. The van der Waals surface area contributed by atoms with Crippen molar-refractivity contribution in [3.8, 4) is 5.69 Å². The third-order valence-corrected chi connectivity index (χ3v) is 3.47. The zero-order valence-electron chi connectivity index (χ0n) is 10.3. The van der Waals surface area contributed by atoms with Crippen LogP contribution in [0.1, 0.15) is 5.69 Å². The maximum absolute atomic E-state index is 4.98. The van der Waals surface area contributed by atoms with Crippen molar-refractivity contribution in [3.05, 3.63) is 46.1 Å². The molecule has 0 saturated carbocycles. The number of aromatic nitrogens is 2. The summed E-state index contributed by atoms with van der Waals surface area (Å²) >= 11 is 2.33. The van der Waals surface area contributed by atoms with E-state index in [2.05, 4.69) is 55.8 Å². The van der Waals surface area contributed by atoms with E-state index in [1.54, 1.807) is 7.11 Å². The molecule has 0 aliphatic heterocycles. The Balaban J connectivity index is 2.00. The molecular formula is C13H16IN3O. The van der Waals surface area contributed by atoms with Gasteiger partial charge in [0, 0.05) is 30.0 Å². The van der Waals surface area contributed by atoms with Crippen LogP contribution in [0.5, 0.6) is 0 Å². The number of methoxy groups -OCH3 is 1. The number of hydrogen-bond acceptors (Lipinski definition) is 3. The number of ether oxygens (including phenoxy) is 1. The largest absolute Gasteiger partial charge is 0.383 e. The molecule has 0 radical (unpaired) electrons. The predicted octanol–water partition coefficient (Wildman–Crippen LogP) is 2.21. The molecule has 0 spiro atoms. The summed E-state index contributed by atoms with van der Waals surface area (Å²) in [4.78, 5) is 4.39. The highest BCUT2D eigenvalue weighted by Gasteiger charge is 2.03. The number of halogens is 1. The Hall–Kier alpha value is -0.920. The minimum atomic E-state index is 0.720. The molecule has 0 unspecified atom stereocenters. The van der Waals surface area contributed by atoms with Crippen molar-refractivity contribution in [2.45, 2.75) is 6.54 Å². The molecular weight excluding hydrogens is 341 g/mol. The number of rotatable bonds is 6. The first kappa shape index (κ1) is 13.5. The van der Waals surface area contributed by atoms with Crippen molar-refractivity contribution in [3.63, 3.8) is 0 Å². The van der Waals surface area contributed by atoms with Gasteiger partial charge >= 0.3 is 0 Å². The highest BCUT2D eigenvalue weighted by molar-refractivity contribution is 14.1. The topological polar surface area (TPSA) is 39.1 Å². The maximum atomic E-state index is 4.98. The predicted molar refractivity (Wildman–Crippen MR) is 79.9 cm³/mol. The van der Waals surface area contributed by atoms with Crippen molar-refractivity contribution in [1.29, 1.82) is 0 Å². The minimum Gasteiger partial charge on any atom is -0.383 e. The first-order chi connectivity index (χ1) is 8.81. The highest BCUT2D eigenvalue weighted by atomic mass is 127. The lowest BCUT2D eigenvalue weighted by molar-refractivity contribution is 0.199. The molecule has 18 heavy (non-hydrogen) atoms. The summed E-state index contributed by atoms with van der Waals surface area (Å²) in [5.41, 5.74) is 2.19. The molecule has 96 valence electrons. The maximum Gasteiger partial charge on any atom is 0.0996 e. The summed E-state index contributed by atoms with van der Waals surface area (Å²) in [6.45, 7) is 2.32. The van der Waals surface area contributed by atoms with E-state index >= 15 is 0 Å². The van der Waals surface area contributed by atoms with Gasteiger partial charge in [0.1, 0.15) is 0 Å². The summed E-state index contributed by atoms with van der Waals surface area (Å²) in [7, 11) is 1.70. The average Bonchev–Trinajstić information content (AvgIpc) is 2.84. The summed E-state index contributed by atoms with van der Waals surface area (Å²) in [5, 5.41) is 3.28. The molecule has 2 rings (SSSR count). The SMILES string of the molecule is COCCNCc1cn(-c2ccccc2I)cn1. The number of nitrogens with one attached hydrogen (secondary N) is 1. The van der Waals surface area contributed by atoms with E-state index in [-0.39, 0.29) is 0 Å². The van der Waals surface area contributed by atoms with E-state index in [0.717, 1.165) is 31.1 Å². The van der Waals surface area contributed by atoms with Gasteiger partial charge in [-0.05, 0) is 34.7 Å². The molecule has 1 N–H and O–H groups in total. The van der Waals surface area contributed by atoms with E-state index in [1.807, 2.05) is 18.5 Å². The molecule has 0 saturated heterocycles. The summed E-state index contributed by atoms with van der Waals surface area (Å²) in [5.74, 6) is 0. The number of nitrogens with zero attached hydrogens (tertiary/aromatic N) is 2. The van der Waals surface area contributed by atoms with Crippen LogP contribution in [-0.4, -0.2) is 29.8 Å². The summed E-state index contributed by atoms with van der Waals surface area (Å²) in [6.07, 6.45) is 3.90. The zero-order valence-corrected chi connectivity index (χ0v) is 12.4. The van der Waals surface area contributed by atoms with Crippen LogP contribution in [0.2, 0.25) is 0 Å². The van der Waals surface area contributed by atoms with Gasteiger partial charge in [-0.15, -0.1) is 0 Å². The van der Waals surface area contributed by atoms with Gasteiger partial charge in [-0.1, -0.05) is 12.1 Å². The van der Waals surface area contributed by atoms with Crippen LogP contribution in [0.3, 0.4) is 0 Å². The van der Waals surface area contributed by atoms with Gasteiger partial charge < -0.3 is 14.6 Å². The molecule has 0 amide bonds. The van der Waals surface area contributed by atoms with Gasteiger partial charge in [-0.25, -0.2) is 4.98 Å². The second kappa shape index (κ2) is 6.86. The Kier molecular flexibility index (Phi) is 5.15. The van der Waals surface area contributed by atoms with Crippen LogP contribution in [0.4, 0.5) is 0 Å². The van der Waals surface area contributed by atoms with E-state index in [0.29, 0.717) is 0 Å². The molecule has 1 aromatic carbocycles. The van der Waals surface area contributed by atoms with E-state index < -0.39 is 0 Å². The van der Waals surface area contributed by atoms with Crippen LogP contribution < -0.4 is 5.32 Å². The second-order valence-corrected chi connectivity index (χ2v) is 5.06. The molecule has 0 aliphatic carbocycles. The zero-order chi connectivity index (χ0) is 12.8. The van der Waals surface area contributed by atoms with Crippen LogP contribution >= 0.6 is 22.6 Å². The van der Waals surface area contributed by atoms with E-state index in [1.165, 1.54) is 3.57 Å². The molecule has 5 heteroatoms. The molecule has 2 aromatic rings. The van der Waals surface area contributed by atoms with Crippen LogP contribution in [0.15, 0.2) is 36.8 Å². The monoisotopic (exact) mass is 357 g/mol. The van der Waals surface area contributed by atoms with E-state index in [4.69, 9.17) is 4.74 Å². The van der Waals surface area contributed by atoms with Crippen LogP contribution in [0.25, 0.3) is 5.69 Å². The molecule has 0 bridgehead atoms. The molecule has 0 atom stereocenters. The Morgan fingerprint density at radius 3 is 3.00 bits per heavy atom. The van der Waals surface area contributed by atoms with E-state index in [9.17, 15) is 0 Å². The first-order valence-corrected chi connectivity index (χ1v) is 6.86. The normalized spacial score (nSPS) is 10.8. The highest BCUT2D eigenvalue weighted by Crippen LogP contribution is 2.16. The van der Waals surface area contributed by atoms with Gasteiger partial charge in [-0.3, -0.25) is 0 Å². The van der Waals surface area contributed by atoms with Crippen molar-refractivity contribution >= 4 is 22.6 Å². The van der Waals surface area contributed by atoms with Crippen molar-refractivity contribution in [1.82, 2.24) is 14.9 Å². The third-order valence-electron chi connectivity index (χ3n) is 2.56. The second-order valence-electron chi connectivity index (χ2n) is 3.89. The Labute approximate surface area is 121 Å². The van der Waals surface area contributed by atoms with Gasteiger partial charge in [0.2, 0.25) is 0 Å². The Morgan fingerprint density at radius 1 is 1.39 bits per heavy atom. The molecule has 4 nitrogen and oxygen atoms in total. The van der Waals surface area contributed by atoms with Crippen LogP contribution in [-0.2, 0) is 11.3 Å². The van der Waals surface area contributed by atoms with Gasteiger partial charge in [-0.2, -0.15) is 0 Å². The third kappa shape index (κ3) is 3.54.